The lowest BCUT2D eigenvalue weighted by atomic mass is 9.48. The van der Waals surface area contributed by atoms with Crippen LogP contribution in [0, 0.1) is 17.3 Å². The molecule has 2 N–H and O–H groups in total. The lowest BCUT2D eigenvalue weighted by molar-refractivity contribution is -0.196. The first-order chi connectivity index (χ1) is 10.8. The summed E-state index contributed by atoms with van der Waals surface area (Å²) in [6, 6.07) is 0.103. The highest BCUT2D eigenvalue weighted by Crippen LogP contribution is 2.61. The summed E-state index contributed by atoms with van der Waals surface area (Å²) >= 11 is 0. The summed E-state index contributed by atoms with van der Waals surface area (Å²) in [5.74, 6) is 0.366. The molecule has 4 bridgehead atoms. The predicted octanol–water partition coefficient (Wildman–Crippen LogP) is 2.17. The van der Waals surface area contributed by atoms with Crippen molar-refractivity contribution in [1.29, 1.82) is 0 Å². The molecule has 0 saturated heterocycles. The minimum atomic E-state index is -0.680. The molecule has 4 aliphatic rings. The number of amides is 1. The summed E-state index contributed by atoms with van der Waals surface area (Å²) in [7, 11) is 0. The van der Waals surface area contributed by atoms with E-state index in [1.165, 1.54) is 0 Å². The van der Waals surface area contributed by atoms with E-state index >= 15 is 0 Å². The molecule has 0 aliphatic heterocycles. The second-order valence-corrected chi connectivity index (χ2v) is 8.30. The third kappa shape index (κ3) is 3.39. The van der Waals surface area contributed by atoms with E-state index in [0.29, 0.717) is 18.3 Å². The van der Waals surface area contributed by atoms with Crippen LogP contribution in [0.4, 0.5) is 0 Å². The van der Waals surface area contributed by atoms with Gasteiger partial charge in [-0.2, -0.15) is 0 Å². The number of hydrogen-bond acceptors (Lipinski definition) is 4. The Morgan fingerprint density at radius 3 is 2.48 bits per heavy atom. The number of ether oxygens (including phenoxy) is 1. The van der Waals surface area contributed by atoms with Crippen molar-refractivity contribution in [2.45, 2.75) is 76.9 Å². The summed E-state index contributed by atoms with van der Waals surface area (Å²) in [6.45, 7) is 3.82. The average Bonchev–Trinajstić information content (AvgIpc) is 2.42. The topological polar surface area (TPSA) is 75.6 Å². The van der Waals surface area contributed by atoms with Gasteiger partial charge in [-0.05, 0) is 63.7 Å². The van der Waals surface area contributed by atoms with E-state index in [4.69, 9.17) is 4.74 Å². The highest BCUT2D eigenvalue weighted by molar-refractivity contribution is 5.83. The Morgan fingerprint density at radius 2 is 1.91 bits per heavy atom. The van der Waals surface area contributed by atoms with Gasteiger partial charge in [-0.3, -0.25) is 9.59 Å². The molecule has 1 amide bonds. The maximum atomic E-state index is 12.6. The number of nitrogens with one attached hydrogen (secondary N) is 1. The summed E-state index contributed by atoms with van der Waals surface area (Å²) in [5, 5.41) is 13.5. The van der Waals surface area contributed by atoms with E-state index < -0.39 is 11.0 Å². The molecule has 0 aromatic carbocycles. The molecule has 4 saturated carbocycles. The molecule has 2 unspecified atom stereocenters. The third-order valence-electron chi connectivity index (χ3n) is 5.93. The molecule has 0 aromatic heterocycles. The standard InChI is InChI=1S/C18H29NO4/c1-3-4-12(2)19-15(20)10-23-16(21)17-6-13-5-14(7-17)9-18(22,8-13)11-17/h12-14,22H,3-11H2,1-2H3,(H,19,20)/t12-,13-,14+,17?,18?/m0/s1. The van der Waals surface area contributed by atoms with Crippen LogP contribution >= 0.6 is 0 Å². The molecule has 4 aliphatic carbocycles. The van der Waals surface area contributed by atoms with Crippen LogP contribution in [0.1, 0.15) is 65.2 Å². The van der Waals surface area contributed by atoms with Gasteiger partial charge in [0.15, 0.2) is 6.61 Å². The molecule has 0 heterocycles. The van der Waals surface area contributed by atoms with Gasteiger partial charge in [-0.15, -0.1) is 0 Å². The minimum Gasteiger partial charge on any atom is -0.455 e. The molecule has 5 heteroatoms. The van der Waals surface area contributed by atoms with Crippen molar-refractivity contribution in [3.63, 3.8) is 0 Å². The Morgan fingerprint density at radius 1 is 1.26 bits per heavy atom. The maximum absolute atomic E-state index is 12.6. The van der Waals surface area contributed by atoms with Crippen molar-refractivity contribution in [2.75, 3.05) is 6.61 Å². The first-order valence-electron chi connectivity index (χ1n) is 9.03. The molecule has 130 valence electrons. The van der Waals surface area contributed by atoms with E-state index in [1.54, 1.807) is 0 Å². The van der Waals surface area contributed by atoms with Crippen LogP contribution in [0.25, 0.3) is 0 Å². The van der Waals surface area contributed by atoms with Gasteiger partial charge in [0.2, 0.25) is 0 Å². The highest BCUT2D eigenvalue weighted by Gasteiger charge is 2.60. The number of esters is 1. The third-order valence-corrected chi connectivity index (χ3v) is 5.93. The van der Waals surface area contributed by atoms with Crippen molar-refractivity contribution >= 4 is 11.9 Å². The van der Waals surface area contributed by atoms with Gasteiger partial charge in [-0.25, -0.2) is 0 Å². The van der Waals surface area contributed by atoms with Crippen LogP contribution < -0.4 is 5.32 Å². The fourth-order valence-corrected chi connectivity index (χ4v) is 5.56. The molecule has 5 atom stereocenters. The van der Waals surface area contributed by atoms with Gasteiger partial charge >= 0.3 is 5.97 Å². The summed E-state index contributed by atoms with van der Waals surface area (Å²) < 4.78 is 5.35. The Bertz CT molecular complexity index is 475. The van der Waals surface area contributed by atoms with Crippen molar-refractivity contribution in [2.24, 2.45) is 17.3 Å². The van der Waals surface area contributed by atoms with Crippen LogP contribution in [0.15, 0.2) is 0 Å². The van der Waals surface area contributed by atoms with Gasteiger partial charge in [0.25, 0.3) is 5.91 Å². The van der Waals surface area contributed by atoms with Gasteiger partial charge < -0.3 is 15.2 Å². The number of aliphatic hydroxyl groups is 1. The van der Waals surface area contributed by atoms with Crippen LogP contribution in [-0.2, 0) is 14.3 Å². The fraction of sp³-hybridized carbons (Fsp3) is 0.889. The van der Waals surface area contributed by atoms with Gasteiger partial charge in [0.05, 0.1) is 11.0 Å². The molecular weight excluding hydrogens is 294 g/mol. The summed E-state index contributed by atoms with van der Waals surface area (Å²) in [4.78, 5) is 24.5. The van der Waals surface area contributed by atoms with Crippen LogP contribution in [0.2, 0.25) is 0 Å². The summed E-state index contributed by atoms with van der Waals surface area (Å²) in [6.07, 6.45) is 6.86. The van der Waals surface area contributed by atoms with Gasteiger partial charge in [0, 0.05) is 6.04 Å². The molecule has 0 aromatic rings. The van der Waals surface area contributed by atoms with Gasteiger partial charge in [-0.1, -0.05) is 13.3 Å². The Hall–Kier alpha value is -1.10. The van der Waals surface area contributed by atoms with E-state index in [1.807, 2.05) is 6.92 Å². The van der Waals surface area contributed by atoms with E-state index in [9.17, 15) is 14.7 Å². The molecule has 5 nitrogen and oxygen atoms in total. The second kappa shape index (κ2) is 6.08. The predicted molar refractivity (Wildman–Crippen MR) is 85.5 cm³/mol. The molecule has 0 radical (unpaired) electrons. The van der Waals surface area contributed by atoms with Crippen LogP contribution in [0.5, 0.6) is 0 Å². The molecule has 23 heavy (non-hydrogen) atoms. The van der Waals surface area contributed by atoms with Crippen LogP contribution in [-0.4, -0.2) is 35.2 Å². The average molecular weight is 323 g/mol. The molecule has 4 rings (SSSR count). The zero-order chi connectivity index (χ0) is 16.7. The zero-order valence-corrected chi connectivity index (χ0v) is 14.3. The monoisotopic (exact) mass is 323 g/mol. The number of rotatable bonds is 6. The van der Waals surface area contributed by atoms with E-state index in [0.717, 1.165) is 44.9 Å². The van der Waals surface area contributed by atoms with Crippen LogP contribution in [0.3, 0.4) is 0 Å². The van der Waals surface area contributed by atoms with E-state index in [-0.39, 0.29) is 24.5 Å². The SMILES string of the molecule is CCC[C@H](C)NC(=O)COC(=O)C12C[C@@H]3C[C@@H](CC(O)(C3)C1)C2. The maximum Gasteiger partial charge on any atom is 0.312 e. The lowest BCUT2D eigenvalue weighted by Crippen LogP contribution is -2.58. The quantitative estimate of drug-likeness (QED) is 0.735. The Balaban J connectivity index is 1.55. The smallest absolute Gasteiger partial charge is 0.312 e. The van der Waals surface area contributed by atoms with Crippen molar-refractivity contribution in [1.82, 2.24) is 5.32 Å². The largest absolute Gasteiger partial charge is 0.455 e. The van der Waals surface area contributed by atoms with Crippen molar-refractivity contribution in [3.05, 3.63) is 0 Å². The van der Waals surface area contributed by atoms with Gasteiger partial charge in [0.1, 0.15) is 0 Å². The summed E-state index contributed by atoms with van der Waals surface area (Å²) in [5.41, 5.74) is -1.23. The zero-order valence-electron chi connectivity index (χ0n) is 14.3. The molecule has 0 spiro atoms. The first kappa shape index (κ1) is 16.7. The second-order valence-electron chi connectivity index (χ2n) is 8.30. The molecular formula is C18H29NO4. The Labute approximate surface area is 138 Å². The number of hydrogen-bond donors (Lipinski definition) is 2. The van der Waals surface area contributed by atoms with Crippen molar-refractivity contribution in [3.8, 4) is 0 Å². The number of carbonyl (C=O) groups is 2. The normalized spacial score (nSPS) is 39.1. The highest BCUT2D eigenvalue weighted by atomic mass is 16.5. The van der Waals surface area contributed by atoms with Crippen molar-refractivity contribution < 1.29 is 19.4 Å². The number of carbonyl (C=O) groups excluding carboxylic acids is 2. The first-order valence-corrected chi connectivity index (χ1v) is 9.03. The fourth-order valence-electron chi connectivity index (χ4n) is 5.56. The van der Waals surface area contributed by atoms with E-state index in [2.05, 4.69) is 12.2 Å². The Kier molecular flexibility index (Phi) is 4.43. The minimum absolute atomic E-state index is 0.103. The molecule has 4 fully saturated rings. The lowest BCUT2D eigenvalue weighted by Gasteiger charge is -2.58.